The lowest BCUT2D eigenvalue weighted by Crippen LogP contribution is -2.11. The minimum absolute atomic E-state index is 0.268. The molecule has 0 aliphatic heterocycles. The molecule has 18 heavy (non-hydrogen) atoms. The second kappa shape index (κ2) is 4.81. The Morgan fingerprint density at radius 2 is 2.06 bits per heavy atom. The second-order valence-corrected chi connectivity index (χ2v) is 5.52. The van der Waals surface area contributed by atoms with Crippen molar-refractivity contribution < 1.29 is 9.34 Å². The molecule has 0 atom stereocenters. The standard InChI is InChI=1S/C11H7Br2NO4/c1-5-8(4-14(16)17)7-2-6(12)3-9(13)10(7)18-11(5)15/h2-3H,4H2,1H3. The molecule has 0 saturated heterocycles. The van der Waals surface area contributed by atoms with Crippen LogP contribution < -0.4 is 5.63 Å². The van der Waals surface area contributed by atoms with Gasteiger partial charge in [-0.1, -0.05) is 15.9 Å². The first kappa shape index (κ1) is 13.2. The summed E-state index contributed by atoms with van der Waals surface area (Å²) in [5, 5.41) is 11.3. The molecule has 1 heterocycles. The van der Waals surface area contributed by atoms with Crippen molar-refractivity contribution in [2.45, 2.75) is 13.5 Å². The summed E-state index contributed by atoms with van der Waals surface area (Å²) < 4.78 is 6.48. The van der Waals surface area contributed by atoms with Gasteiger partial charge in [-0.3, -0.25) is 10.1 Å². The van der Waals surface area contributed by atoms with Crippen LogP contribution >= 0.6 is 31.9 Å². The van der Waals surface area contributed by atoms with Crippen LogP contribution in [0.5, 0.6) is 0 Å². The average molecular weight is 377 g/mol. The molecule has 0 N–H and O–H groups in total. The van der Waals surface area contributed by atoms with E-state index in [-0.39, 0.29) is 5.56 Å². The molecule has 1 aromatic carbocycles. The molecule has 2 rings (SSSR count). The molecular formula is C11H7Br2NO4. The number of hydrogen-bond donors (Lipinski definition) is 0. The van der Waals surface area contributed by atoms with Crippen LogP contribution in [0.2, 0.25) is 0 Å². The summed E-state index contributed by atoms with van der Waals surface area (Å²) in [5.74, 6) is 0. The first-order chi connectivity index (χ1) is 8.40. The lowest BCUT2D eigenvalue weighted by molar-refractivity contribution is -0.496. The number of hydrogen-bond acceptors (Lipinski definition) is 4. The normalized spacial score (nSPS) is 10.8. The SMILES string of the molecule is Cc1c(C[N+](=O)[O-])c2cc(Br)cc(Br)c2oc1=O. The van der Waals surface area contributed by atoms with E-state index in [1.165, 1.54) is 6.92 Å². The predicted molar refractivity (Wildman–Crippen MR) is 73.3 cm³/mol. The highest BCUT2D eigenvalue weighted by Crippen LogP contribution is 2.30. The smallest absolute Gasteiger partial charge is 0.339 e. The molecule has 0 aliphatic carbocycles. The van der Waals surface area contributed by atoms with Crippen molar-refractivity contribution in [1.29, 1.82) is 0 Å². The van der Waals surface area contributed by atoms with Gasteiger partial charge >= 0.3 is 5.63 Å². The van der Waals surface area contributed by atoms with Crippen LogP contribution in [-0.2, 0) is 6.54 Å². The molecule has 0 bridgehead atoms. The lowest BCUT2D eigenvalue weighted by Gasteiger charge is -2.07. The largest absolute Gasteiger partial charge is 0.421 e. The number of rotatable bonds is 2. The van der Waals surface area contributed by atoms with Gasteiger partial charge in [-0.15, -0.1) is 0 Å². The van der Waals surface area contributed by atoms with Gasteiger partial charge in [-0.05, 0) is 35.0 Å². The molecule has 0 aliphatic rings. The van der Waals surface area contributed by atoms with E-state index in [0.29, 0.717) is 21.0 Å². The molecule has 94 valence electrons. The summed E-state index contributed by atoms with van der Waals surface area (Å²) in [6, 6.07) is 3.42. The van der Waals surface area contributed by atoms with E-state index in [2.05, 4.69) is 31.9 Å². The van der Waals surface area contributed by atoms with Crippen molar-refractivity contribution in [2.75, 3.05) is 0 Å². The number of nitro groups is 1. The van der Waals surface area contributed by atoms with E-state index in [9.17, 15) is 14.9 Å². The third-order valence-electron chi connectivity index (χ3n) is 2.57. The van der Waals surface area contributed by atoms with Gasteiger partial charge < -0.3 is 4.42 Å². The van der Waals surface area contributed by atoms with Crippen LogP contribution in [0.3, 0.4) is 0 Å². The van der Waals surface area contributed by atoms with E-state index in [4.69, 9.17) is 4.42 Å². The fourth-order valence-electron chi connectivity index (χ4n) is 1.72. The first-order valence-electron chi connectivity index (χ1n) is 4.93. The van der Waals surface area contributed by atoms with Crippen LogP contribution in [0.25, 0.3) is 11.0 Å². The fourth-order valence-corrected chi connectivity index (χ4v) is 3.02. The summed E-state index contributed by atoms with van der Waals surface area (Å²) in [4.78, 5) is 21.9. The molecule has 0 radical (unpaired) electrons. The Kier molecular flexibility index (Phi) is 3.54. The van der Waals surface area contributed by atoms with E-state index in [1.807, 2.05) is 0 Å². The molecule has 5 nitrogen and oxygen atoms in total. The quantitative estimate of drug-likeness (QED) is 0.457. The topological polar surface area (TPSA) is 73.3 Å². The zero-order valence-electron chi connectivity index (χ0n) is 9.20. The Morgan fingerprint density at radius 1 is 1.39 bits per heavy atom. The number of benzene rings is 1. The molecule has 0 fully saturated rings. The zero-order valence-corrected chi connectivity index (χ0v) is 12.4. The summed E-state index contributed by atoms with van der Waals surface area (Å²) in [5.41, 5.74) is 0.422. The van der Waals surface area contributed by atoms with Crippen LogP contribution in [0.15, 0.2) is 30.3 Å². The Morgan fingerprint density at radius 3 is 2.67 bits per heavy atom. The van der Waals surface area contributed by atoms with Crippen molar-refractivity contribution in [2.24, 2.45) is 0 Å². The lowest BCUT2D eigenvalue weighted by atomic mass is 10.1. The van der Waals surface area contributed by atoms with Gasteiger partial charge in [0.15, 0.2) is 5.58 Å². The van der Waals surface area contributed by atoms with E-state index in [0.717, 1.165) is 4.47 Å². The average Bonchev–Trinajstić information content (AvgIpc) is 2.26. The van der Waals surface area contributed by atoms with Gasteiger partial charge in [0.05, 0.1) is 4.47 Å². The van der Waals surface area contributed by atoms with E-state index >= 15 is 0 Å². The maximum atomic E-state index is 11.7. The number of halogens is 2. The molecule has 0 spiro atoms. The molecule has 2 aromatic rings. The molecule has 7 heteroatoms. The monoisotopic (exact) mass is 375 g/mol. The minimum Gasteiger partial charge on any atom is -0.421 e. The number of nitrogens with zero attached hydrogens (tertiary/aromatic N) is 1. The minimum atomic E-state index is -0.553. The fraction of sp³-hybridized carbons (Fsp3) is 0.182. The van der Waals surface area contributed by atoms with Crippen molar-refractivity contribution in [1.82, 2.24) is 0 Å². The van der Waals surface area contributed by atoms with E-state index in [1.54, 1.807) is 12.1 Å². The van der Waals surface area contributed by atoms with Gasteiger partial charge in [0.1, 0.15) is 0 Å². The summed E-state index contributed by atoms with van der Waals surface area (Å²) in [7, 11) is 0. The van der Waals surface area contributed by atoms with Gasteiger partial charge in [0.25, 0.3) is 0 Å². The third-order valence-corrected chi connectivity index (χ3v) is 3.62. The van der Waals surface area contributed by atoms with Crippen LogP contribution in [0.4, 0.5) is 0 Å². The highest BCUT2D eigenvalue weighted by Gasteiger charge is 2.17. The van der Waals surface area contributed by atoms with Crippen molar-refractivity contribution in [3.05, 3.63) is 52.7 Å². The molecule has 0 amide bonds. The van der Waals surface area contributed by atoms with Crippen molar-refractivity contribution in [3.63, 3.8) is 0 Å². The van der Waals surface area contributed by atoms with Crippen molar-refractivity contribution >= 4 is 42.8 Å². The highest BCUT2D eigenvalue weighted by atomic mass is 79.9. The van der Waals surface area contributed by atoms with Gasteiger partial charge in [0, 0.05) is 25.9 Å². The second-order valence-electron chi connectivity index (χ2n) is 3.75. The van der Waals surface area contributed by atoms with Crippen LogP contribution in [-0.4, -0.2) is 4.92 Å². The van der Waals surface area contributed by atoms with Gasteiger partial charge in [-0.2, -0.15) is 0 Å². The maximum absolute atomic E-state index is 11.7. The summed E-state index contributed by atoms with van der Waals surface area (Å²) >= 11 is 6.58. The Balaban J connectivity index is 2.92. The molecule has 1 aromatic heterocycles. The van der Waals surface area contributed by atoms with E-state index < -0.39 is 17.1 Å². The van der Waals surface area contributed by atoms with Gasteiger partial charge in [0.2, 0.25) is 6.54 Å². The Labute approximate surface area is 118 Å². The summed E-state index contributed by atoms with van der Waals surface area (Å²) in [6.45, 7) is 1.12. The van der Waals surface area contributed by atoms with Crippen LogP contribution in [0.1, 0.15) is 11.1 Å². The summed E-state index contributed by atoms with van der Waals surface area (Å²) in [6.07, 6.45) is 0. The maximum Gasteiger partial charge on any atom is 0.339 e. The predicted octanol–water partition coefficient (Wildman–Crippen LogP) is 3.40. The van der Waals surface area contributed by atoms with Crippen LogP contribution in [0, 0.1) is 17.0 Å². The molecule has 0 unspecified atom stereocenters. The third kappa shape index (κ3) is 2.32. The van der Waals surface area contributed by atoms with Crippen molar-refractivity contribution in [3.8, 4) is 0 Å². The Hall–Kier alpha value is -1.21. The number of fused-ring (bicyclic) bond motifs is 1. The Bertz CT molecular complexity index is 708. The molecular weight excluding hydrogens is 370 g/mol. The van der Waals surface area contributed by atoms with Gasteiger partial charge in [-0.25, -0.2) is 4.79 Å². The first-order valence-corrected chi connectivity index (χ1v) is 6.52. The highest BCUT2D eigenvalue weighted by molar-refractivity contribution is 9.11. The molecule has 0 saturated carbocycles. The zero-order chi connectivity index (χ0) is 13.4.